The lowest BCUT2D eigenvalue weighted by molar-refractivity contribution is -0.136. The summed E-state index contributed by atoms with van der Waals surface area (Å²) in [5.74, 6) is -0.330. The van der Waals surface area contributed by atoms with Crippen LogP contribution >= 0.6 is 0 Å². The Bertz CT molecular complexity index is 363. The first kappa shape index (κ1) is 16.1. The molecule has 0 rings (SSSR count). The Kier molecular flexibility index (Phi) is 7.77. The minimum atomic E-state index is -3.13. The van der Waals surface area contributed by atoms with Crippen LogP contribution in [0.5, 0.6) is 0 Å². The second-order valence-electron chi connectivity index (χ2n) is 3.45. The molecule has 0 amide bonds. The van der Waals surface area contributed by atoms with E-state index >= 15 is 0 Å². The van der Waals surface area contributed by atoms with Gasteiger partial charge in [0.15, 0.2) is 0 Å². The molecule has 0 aliphatic rings. The number of rotatable bonds is 8. The van der Waals surface area contributed by atoms with E-state index in [1.54, 1.807) is 6.08 Å². The highest BCUT2D eigenvalue weighted by Gasteiger charge is 2.05. The van der Waals surface area contributed by atoms with Crippen molar-refractivity contribution < 1.29 is 17.9 Å². The average molecular weight is 264 g/mol. The van der Waals surface area contributed by atoms with Gasteiger partial charge in [-0.1, -0.05) is 13.0 Å². The van der Waals surface area contributed by atoms with Gasteiger partial charge in [-0.25, -0.2) is 17.9 Å². The van der Waals surface area contributed by atoms with Crippen molar-refractivity contribution in [2.75, 3.05) is 33.0 Å². The number of hydrogen-bond acceptors (Lipinski definition) is 5. The minimum absolute atomic E-state index is 0.326. The molecule has 7 heteroatoms. The Morgan fingerprint density at radius 3 is 2.47 bits per heavy atom. The van der Waals surface area contributed by atoms with Crippen LogP contribution < -0.4 is 10.0 Å². The average Bonchev–Trinajstić information content (AvgIpc) is 2.26. The van der Waals surface area contributed by atoms with Crippen LogP contribution in [0.25, 0.3) is 0 Å². The molecule has 0 spiro atoms. The van der Waals surface area contributed by atoms with E-state index in [2.05, 4.69) is 14.8 Å². The van der Waals surface area contributed by atoms with Crippen molar-refractivity contribution in [1.82, 2.24) is 10.0 Å². The molecule has 0 radical (unpaired) electrons. The molecule has 0 heterocycles. The van der Waals surface area contributed by atoms with Crippen LogP contribution in [0, 0.1) is 0 Å². The third kappa shape index (κ3) is 8.84. The molecule has 0 bridgehead atoms. The first-order valence-electron chi connectivity index (χ1n) is 5.33. The van der Waals surface area contributed by atoms with Gasteiger partial charge in [0, 0.05) is 25.2 Å². The van der Waals surface area contributed by atoms with E-state index < -0.39 is 10.0 Å². The first-order valence-corrected chi connectivity index (χ1v) is 7.22. The van der Waals surface area contributed by atoms with Crippen LogP contribution in [0.3, 0.4) is 0 Å². The van der Waals surface area contributed by atoms with Gasteiger partial charge in [-0.15, -0.1) is 0 Å². The topological polar surface area (TPSA) is 84.5 Å². The van der Waals surface area contributed by atoms with Crippen molar-refractivity contribution in [1.29, 1.82) is 0 Å². The molecule has 0 aliphatic carbocycles. The van der Waals surface area contributed by atoms with Gasteiger partial charge in [0.2, 0.25) is 10.0 Å². The van der Waals surface area contributed by atoms with E-state index in [9.17, 15) is 13.2 Å². The molecule has 0 fully saturated rings. The third-order valence-electron chi connectivity index (χ3n) is 1.99. The Labute approximate surface area is 102 Å². The van der Waals surface area contributed by atoms with Gasteiger partial charge in [0.1, 0.15) is 0 Å². The van der Waals surface area contributed by atoms with E-state index in [1.807, 2.05) is 6.92 Å². The highest BCUT2D eigenvalue weighted by Crippen LogP contribution is 2.01. The van der Waals surface area contributed by atoms with Crippen molar-refractivity contribution in [2.45, 2.75) is 13.3 Å². The predicted molar refractivity (Wildman–Crippen MR) is 66.1 cm³/mol. The number of nitrogens with one attached hydrogen (secondary N) is 2. The maximum Gasteiger partial charge on any atom is 0.333 e. The fourth-order valence-electron chi connectivity index (χ4n) is 1.13. The van der Waals surface area contributed by atoms with Gasteiger partial charge >= 0.3 is 5.97 Å². The molecule has 0 atom stereocenters. The number of sulfonamides is 1. The molecular weight excluding hydrogens is 244 g/mol. The van der Waals surface area contributed by atoms with Crippen LogP contribution in [0.1, 0.15) is 13.3 Å². The lowest BCUT2D eigenvalue weighted by Gasteiger charge is -2.04. The highest BCUT2D eigenvalue weighted by atomic mass is 32.2. The standard InChI is InChI=1S/C10H20N2O4S/c1-4-9(10(13)16-2)5-6-11-7-8-12-17(3,14)15/h5,11-12H,4,6-8H2,1-3H3. The summed E-state index contributed by atoms with van der Waals surface area (Å²) in [5, 5.41) is 2.99. The normalized spacial score (nSPS) is 12.5. The molecule has 0 saturated carbocycles. The van der Waals surface area contributed by atoms with Crippen molar-refractivity contribution in [3.63, 3.8) is 0 Å². The molecule has 2 N–H and O–H groups in total. The number of esters is 1. The number of ether oxygens (including phenoxy) is 1. The zero-order chi connectivity index (χ0) is 13.3. The van der Waals surface area contributed by atoms with Crippen molar-refractivity contribution >= 4 is 16.0 Å². The van der Waals surface area contributed by atoms with E-state index in [4.69, 9.17) is 0 Å². The number of carbonyl (C=O) groups is 1. The molecule has 0 aromatic heterocycles. The highest BCUT2D eigenvalue weighted by molar-refractivity contribution is 7.88. The number of hydrogen-bond donors (Lipinski definition) is 2. The molecule has 6 nitrogen and oxygen atoms in total. The quantitative estimate of drug-likeness (QED) is 0.355. The summed E-state index contributed by atoms with van der Waals surface area (Å²) in [5.41, 5.74) is 0.607. The third-order valence-corrected chi connectivity index (χ3v) is 2.72. The second kappa shape index (κ2) is 8.21. The zero-order valence-corrected chi connectivity index (χ0v) is 11.3. The monoisotopic (exact) mass is 264 g/mol. The second-order valence-corrected chi connectivity index (χ2v) is 5.28. The fraction of sp³-hybridized carbons (Fsp3) is 0.700. The van der Waals surface area contributed by atoms with Gasteiger partial charge in [-0.2, -0.15) is 0 Å². The van der Waals surface area contributed by atoms with Crippen molar-refractivity contribution in [3.05, 3.63) is 11.6 Å². The summed E-state index contributed by atoms with van der Waals surface area (Å²) in [7, 11) is -1.79. The SMILES string of the molecule is CCC(=CCNCCNS(C)(=O)=O)C(=O)OC. The Morgan fingerprint density at radius 2 is 2.00 bits per heavy atom. The molecule has 0 aromatic rings. The molecule has 17 heavy (non-hydrogen) atoms. The predicted octanol–water partition coefficient (Wildman–Crippen LogP) is -0.365. The fourth-order valence-corrected chi connectivity index (χ4v) is 1.60. The van der Waals surface area contributed by atoms with Crippen LogP contribution in [0.2, 0.25) is 0 Å². The van der Waals surface area contributed by atoms with E-state index in [-0.39, 0.29) is 5.97 Å². The smallest absolute Gasteiger partial charge is 0.333 e. The van der Waals surface area contributed by atoms with Crippen LogP contribution in [-0.4, -0.2) is 47.4 Å². The maximum absolute atomic E-state index is 11.2. The molecular formula is C10H20N2O4S. The Hall–Kier alpha value is -0.920. The Balaban J connectivity index is 3.82. The number of carbonyl (C=O) groups excluding carboxylic acids is 1. The van der Waals surface area contributed by atoms with Gasteiger partial charge in [-0.05, 0) is 6.42 Å². The molecule has 100 valence electrons. The van der Waals surface area contributed by atoms with E-state index in [0.29, 0.717) is 31.6 Å². The van der Waals surface area contributed by atoms with Gasteiger partial charge in [-0.3, -0.25) is 0 Å². The maximum atomic E-state index is 11.2. The minimum Gasteiger partial charge on any atom is -0.466 e. The largest absolute Gasteiger partial charge is 0.466 e. The summed E-state index contributed by atoms with van der Waals surface area (Å²) in [6, 6.07) is 0. The first-order chi connectivity index (χ1) is 7.90. The van der Waals surface area contributed by atoms with Gasteiger partial charge in [0.25, 0.3) is 0 Å². The van der Waals surface area contributed by atoms with Crippen molar-refractivity contribution in [2.24, 2.45) is 0 Å². The lowest BCUT2D eigenvalue weighted by Crippen LogP contribution is -2.31. The van der Waals surface area contributed by atoms with Crippen molar-refractivity contribution in [3.8, 4) is 0 Å². The summed E-state index contributed by atoms with van der Waals surface area (Å²) in [6.07, 6.45) is 3.46. The zero-order valence-electron chi connectivity index (χ0n) is 10.4. The summed E-state index contributed by atoms with van der Waals surface area (Å²) < 4.78 is 28.4. The molecule has 0 aliphatic heterocycles. The Morgan fingerprint density at radius 1 is 1.35 bits per heavy atom. The van der Waals surface area contributed by atoms with Crippen LogP contribution in [-0.2, 0) is 19.6 Å². The molecule has 0 saturated heterocycles. The summed E-state index contributed by atoms with van der Waals surface area (Å²) in [6.45, 7) is 3.20. The summed E-state index contributed by atoms with van der Waals surface area (Å²) >= 11 is 0. The lowest BCUT2D eigenvalue weighted by atomic mass is 10.2. The molecule has 0 unspecified atom stereocenters. The van der Waals surface area contributed by atoms with Gasteiger partial charge < -0.3 is 10.1 Å². The van der Waals surface area contributed by atoms with Crippen LogP contribution in [0.15, 0.2) is 11.6 Å². The van der Waals surface area contributed by atoms with E-state index in [1.165, 1.54) is 7.11 Å². The number of methoxy groups -OCH3 is 1. The van der Waals surface area contributed by atoms with E-state index in [0.717, 1.165) is 6.26 Å². The summed E-state index contributed by atoms with van der Waals surface area (Å²) in [4.78, 5) is 11.2. The van der Waals surface area contributed by atoms with Crippen LogP contribution in [0.4, 0.5) is 0 Å². The molecule has 0 aromatic carbocycles. The van der Waals surface area contributed by atoms with Gasteiger partial charge in [0.05, 0.1) is 13.4 Å².